The number of hydrogen-bond donors (Lipinski definition) is 1. The largest absolute Gasteiger partial charge is 0.352 e. The van der Waals surface area contributed by atoms with Crippen molar-refractivity contribution in [2.75, 3.05) is 6.54 Å². The number of aromatic nitrogens is 3. The molecule has 0 saturated heterocycles. The topological polar surface area (TPSA) is 59.3 Å². The van der Waals surface area contributed by atoms with Gasteiger partial charge in [0, 0.05) is 18.4 Å². The maximum absolute atomic E-state index is 12.5. The maximum atomic E-state index is 12.5. The van der Waals surface area contributed by atoms with Gasteiger partial charge in [0.25, 0.3) is 5.91 Å². The van der Waals surface area contributed by atoms with Crippen LogP contribution in [0.5, 0.6) is 0 Å². The van der Waals surface area contributed by atoms with Crippen LogP contribution in [0.25, 0.3) is 5.65 Å². The first-order valence-corrected chi connectivity index (χ1v) is 8.89. The van der Waals surface area contributed by atoms with E-state index in [4.69, 9.17) is 0 Å². The molecule has 0 saturated carbocycles. The van der Waals surface area contributed by atoms with E-state index in [-0.39, 0.29) is 5.91 Å². The number of nitrogens with one attached hydrogen (secondary N) is 1. The average molecular weight is 334 g/mol. The van der Waals surface area contributed by atoms with Gasteiger partial charge in [-0.15, -0.1) is 0 Å². The SMILES string of the molecule is C[C@@H]1CCc2c(cnc3c(C(=O)NCCc4ccccc4)cnn23)C1. The molecule has 1 N–H and O–H groups in total. The number of hydrogen-bond acceptors (Lipinski definition) is 3. The average Bonchev–Trinajstić information content (AvgIpc) is 3.06. The number of carbonyl (C=O) groups is 1. The highest BCUT2D eigenvalue weighted by molar-refractivity contribution is 5.99. The Kier molecular flexibility index (Phi) is 4.22. The Labute approximate surface area is 147 Å². The minimum Gasteiger partial charge on any atom is -0.352 e. The first-order valence-electron chi connectivity index (χ1n) is 8.89. The standard InChI is InChI=1S/C20H22N4O/c1-14-7-8-18-16(11-14)12-22-19-17(13-23-24(18)19)20(25)21-10-9-15-5-3-2-4-6-15/h2-6,12-14H,7-11H2,1H3,(H,21,25)/t14-/m1/s1. The Hall–Kier alpha value is -2.69. The molecule has 2 heterocycles. The Morgan fingerprint density at radius 2 is 2.12 bits per heavy atom. The number of benzene rings is 1. The van der Waals surface area contributed by atoms with Gasteiger partial charge in [-0.1, -0.05) is 37.3 Å². The molecule has 1 aromatic carbocycles. The van der Waals surface area contributed by atoms with E-state index in [1.807, 2.05) is 28.9 Å². The van der Waals surface area contributed by atoms with E-state index >= 15 is 0 Å². The van der Waals surface area contributed by atoms with Gasteiger partial charge < -0.3 is 5.32 Å². The molecule has 0 unspecified atom stereocenters. The van der Waals surface area contributed by atoms with Gasteiger partial charge in [-0.3, -0.25) is 4.79 Å². The predicted molar refractivity (Wildman–Crippen MR) is 96.7 cm³/mol. The number of amides is 1. The lowest BCUT2D eigenvalue weighted by atomic mass is 9.89. The highest BCUT2D eigenvalue weighted by atomic mass is 16.1. The maximum Gasteiger partial charge on any atom is 0.256 e. The van der Waals surface area contributed by atoms with Crippen molar-refractivity contribution < 1.29 is 4.79 Å². The van der Waals surface area contributed by atoms with Crippen LogP contribution in [0.3, 0.4) is 0 Å². The molecular weight excluding hydrogens is 312 g/mol. The summed E-state index contributed by atoms with van der Waals surface area (Å²) < 4.78 is 1.85. The summed E-state index contributed by atoms with van der Waals surface area (Å²) in [5.41, 5.74) is 4.88. The Morgan fingerprint density at radius 1 is 1.28 bits per heavy atom. The fourth-order valence-corrected chi connectivity index (χ4v) is 3.53. The van der Waals surface area contributed by atoms with Gasteiger partial charge in [-0.2, -0.15) is 5.10 Å². The van der Waals surface area contributed by atoms with Crippen molar-refractivity contribution in [3.05, 3.63) is 65.1 Å². The molecule has 128 valence electrons. The van der Waals surface area contributed by atoms with E-state index in [9.17, 15) is 4.79 Å². The lowest BCUT2D eigenvalue weighted by Crippen LogP contribution is -2.26. The summed E-state index contributed by atoms with van der Waals surface area (Å²) in [7, 11) is 0. The minimum atomic E-state index is -0.109. The van der Waals surface area contributed by atoms with Crippen LogP contribution < -0.4 is 5.32 Å². The number of nitrogens with zero attached hydrogens (tertiary/aromatic N) is 3. The zero-order valence-corrected chi connectivity index (χ0v) is 14.4. The summed E-state index contributed by atoms with van der Waals surface area (Å²) >= 11 is 0. The second kappa shape index (κ2) is 6.67. The molecule has 0 fully saturated rings. The Bertz CT molecular complexity index is 901. The van der Waals surface area contributed by atoms with Crippen molar-refractivity contribution in [1.29, 1.82) is 0 Å². The first kappa shape index (κ1) is 15.8. The smallest absolute Gasteiger partial charge is 0.256 e. The molecule has 0 spiro atoms. The normalized spacial score (nSPS) is 16.6. The van der Waals surface area contributed by atoms with Gasteiger partial charge in [0.05, 0.1) is 6.20 Å². The summed E-state index contributed by atoms with van der Waals surface area (Å²) in [5.74, 6) is 0.575. The lowest BCUT2D eigenvalue weighted by Gasteiger charge is -2.21. The van der Waals surface area contributed by atoms with E-state index < -0.39 is 0 Å². The molecule has 1 aliphatic carbocycles. The molecule has 0 radical (unpaired) electrons. The minimum absolute atomic E-state index is 0.109. The lowest BCUT2D eigenvalue weighted by molar-refractivity contribution is 0.0955. The number of fused-ring (bicyclic) bond motifs is 3. The first-order chi connectivity index (χ1) is 12.2. The highest BCUT2D eigenvalue weighted by Crippen LogP contribution is 2.25. The molecule has 5 nitrogen and oxygen atoms in total. The van der Waals surface area contributed by atoms with Gasteiger partial charge >= 0.3 is 0 Å². The Balaban J connectivity index is 1.50. The number of aryl methyl sites for hydroxylation is 1. The van der Waals surface area contributed by atoms with Gasteiger partial charge in [-0.05, 0) is 42.7 Å². The summed E-state index contributed by atoms with van der Waals surface area (Å²) in [6.07, 6.45) is 7.56. The van der Waals surface area contributed by atoms with E-state index in [2.05, 4.69) is 34.5 Å². The molecule has 1 atom stereocenters. The molecule has 3 aromatic rings. The van der Waals surface area contributed by atoms with Crippen LogP contribution in [0, 0.1) is 5.92 Å². The van der Waals surface area contributed by atoms with Crippen molar-refractivity contribution in [2.45, 2.75) is 32.6 Å². The molecule has 1 amide bonds. The van der Waals surface area contributed by atoms with Crippen molar-refractivity contribution in [3.8, 4) is 0 Å². The van der Waals surface area contributed by atoms with Crippen LogP contribution in [0.2, 0.25) is 0 Å². The van der Waals surface area contributed by atoms with Crippen LogP contribution in [0.1, 0.15) is 40.5 Å². The highest BCUT2D eigenvalue weighted by Gasteiger charge is 2.21. The van der Waals surface area contributed by atoms with Crippen molar-refractivity contribution >= 4 is 11.6 Å². The van der Waals surface area contributed by atoms with Crippen LogP contribution in [-0.2, 0) is 19.3 Å². The van der Waals surface area contributed by atoms with Gasteiger partial charge in [0.2, 0.25) is 0 Å². The van der Waals surface area contributed by atoms with Gasteiger partial charge in [0.1, 0.15) is 5.56 Å². The van der Waals surface area contributed by atoms with Crippen LogP contribution >= 0.6 is 0 Å². The predicted octanol–water partition coefficient (Wildman–Crippen LogP) is 2.83. The van der Waals surface area contributed by atoms with Gasteiger partial charge in [0.15, 0.2) is 5.65 Å². The molecule has 2 aromatic heterocycles. The third-order valence-electron chi connectivity index (χ3n) is 4.94. The van der Waals surface area contributed by atoms with Crippen molar-refractivity contribution in [1.82, 2.24) is 19.9 Å². The molecule has 0 aliphatic heterocycles. The fourth-order valence-electron chi connectivity index (χ4n) is 3.53. The number of rotatable bonds is 4. The van der Waals surface area contributed by atoms with Gasteiger partial charge in [-0.25, -0.2) is 9.50 Å². The molecule has 0 bridgehead atoms. The van der Waals surface area contributed by atoms with E-state index in [0.29, 0.717) is 23.7 Å². The molecule has 1 aliphatic rings. The van der Waals surface area contributed by atoms with Crippen LogP contribution in [-0.4, -0.2) is 27.0 Å². The number of carbonyl (C=O) groups excluding carboxylic acids is 1. The zero-order chi connectivity index (χ0) is 17.2. The van der Waals surface area contributed by atoms with Crippen molar-refractivity contribution in [3.63, 3.8) is 0 Å². The van der Waals surface area contributed by atoms with Crippen LogP contribution in [0.15, 0.2) is 42.7 Å². The van der Waals surface area contributed by atoms with E-state index in [1.54, 1.807) is 6.20 Å². The molecule has 25 heavy (non-hydrogen) atoms. The second-order valence-corrected chi connectivity index (χ2v) is 6.86. The summed E-state index contributed by atoms with van der Waals surface area (Å²) in [6.45, 7) is 2.87. The van der Waals surface area contributed by atoms with E-state index in [1.165, 1.54) is 16.8 Å². The quantitative estimate of drug-likeness (QED) is 0.798. The molecule has 5 heteroatoms. The molecule has 4 rings (SSSR count). The summed E-state index contributed by atoms with van der Waals surface area (Å²) in [5, 5.41) is 7.42. The zero-order valence-electron chi connectivity index (χ0n) is 14.4. The monoisotopic (exact) mass is 334 g/mol. The Morgan fingerprint density at radius 3 is 2.96 bits per heavy atom. The summed E-state index contributed by atoms with van der Waals surface area (Å²) in [6, 6.07) is 10.1. The van der Waals surface area contributed by atoms with Crippen molar-refractivity contribution in [2.24, 2.45) is 5.92 Å². The van der Waals surface area contributed by atoms with Crippen LogP contribution in [0.4, 0.5) is 0 Å². The third kappa shape index (κ3) is 3.14. The summed E-state index contributed by atoms with van der Waals surface area (Å²) in [4.78, 5) is 17.0. The third-order valence-corrected chi connectivity index (χ3v) is 4.94. The fraction of sp³-hybridized carbons (Fsp3) is 0.350. The second-order valence-electron chi connectivity index (χ2n) is 6.86. The molecular formula is C20H22N4O. The van der Waals surface area contributed by atoms with E-state index in [0.717, 1.165) is 25.7 Å².